The summed E-state index contributed by atoms with van der Waals surface area (Å²) >= 11 is 0. The van der Waals surface area contributed by atoms with Gasteiger partial charge in [-0.05, 0) is 120 Å². The fourth-order valence-corrected chi connectivity index (χ4v) is 9.44. The first-order valence-electron chi connectivity index (χ1n) is 19.8. The van der Waals surface area contributed by atoms with E-state index >= 15 is 0 Å². The summed E-state index contributed by atoms with van der Waals surface area (Å²) < 4.78 is 9.48. The normalized spacial score (nSPS) is 12.5. The van der Waals surface area contributed by atoms with E-state index in [9.17, 15) is 0 Å². The molecule has 0 amide bonds. The van der Waals surface area contributed by atoms with Crippen LogP contribution in [0.25, 0.3) is 38.3 Å². The van der Waals surface area contributed by atoms with Gasteiger partial charge < -0.3 is 19.1 Å². The van der Waals surface area contributed by atoms with E-state index in [4.69, 9.17) is 4.74 Å². The molecule has 5 heteroatoms. The van der Waals surface area contributed by atoms with Gasteiger partial charge in [0, 0.05) is 50.3 Å². The maximum Gasteiger partial charge on any atom is 0.256 e. The van der Waals surface area contributed by atoms with Gasteiger partial charge >= 0.3 is 0 Å². The molecule has 1 aromatic heterocycles. The van der Waals surface area contributed by atoms with Crippen LogP contribution in [0.2, 0.25) is 0 Å². The van der Waals surface area contributed by atoms with E-state index in [1.54, 1.807) is 0 Å². The second-order valence-electron chi connectivity index (χ2n) is 15.2. The summed E-state index contributed by atoms with van der Waals surface area (Å²) in [5.74, 6) is 1.77. The highest BCUT2D eigenvalue weighted by Gasteiger charge is 2.42. The lowest BCUT2D eigenvalue weighted by atomic mass is 9.34. The zero-order chi connectivity index (χ0) is 38.3. The van der Waals surface area contributed by atoms with Gasteiger partial charge in [-0.25, -0.2) is 0 Å². The van der Waals surface area contributed by atoms with Gasteiger partial charge in [-0.1, -0.05) is 109 Å². The molecule has 0 bridgehead atoms. The number of rotatable bonds is 5. The predicted octanol–water partition coefficient (Wildman–Crippen LogP) is 11.7. The molecule has 0 spiro atoms. The highest BCUT2D eigenvalue weighted by Crippen LogP contribution is 2.47. The number of ether oxygens (including phenoxy) is 1. The van der Waals surface area contributed by atoms with Crippen LogP contribution in [0.15, 0.2) is 188 Å². The fourth-order valence-electron chi connectivity index (χ4n) is 9.44. The van der Waals surface area contributed by atoms with E-state index in [-0.39, 0.29) is 6.71 Å². The number of aryl methyl sites for hydroxylation is 1. The summed E-state index contributed by atoms with van der Waals surface area (Å²) in [4.78, 5) is 4.73. The lowest BCUT2D eigenvalue weighted by molar-refractivity contribution is 0.488. The Hall–Kier alpha value is -7.68. The highest BCUT2D eigenvalue weighted by atomic mass is 16.5. The second kappa shape index (κ2) is 12.7. The maximum atomic E-state index is 7.04. The molecule has 2 aliphatic heterocycles. The molecule has 0 saturated carbocycles. The second-order valence-corrected chi connectivity index (χ2v) is 15.2. The van der Waals surface area contributed by atoms with Crippen LogP contribution in [0.4, 0.5) is 34.1 Å². The van der Waals surface area contributed by atoms with Crippen LogP contribution in [-0.2, 0) is 0 Å². The van der Waals surface area contributed by atoms with Gasteiger partial charge in [0.15, 0.2) is 0 Å². The first-order chi connectivity index (χ1) is 28.7. The minimum absolute atomic E-state index is 0.0249. The molecule has 9 aromatic carbocycles. The molecule has 0 saturated heterocycles. The Morgan fingerprint density at radius 2 is 1.24 bits per heavy atom. The lowest BCUT2D eigenvalue weighted by Crippen LogP contribution is -2.59. The topological polar surface area (TPSA) is 20.6 Å². The molecule has 3 heterocycles. The predicted molar refractivity (Wildman–Crippen MR) is 241 cm³/mol. The van der Waals surface area contributed by atoms with E-state index in [1.807, 2.05) is 6.07 Å². The number of nitrogens with zero attached hydrogens (tertiary/aromatic N) is 3. The largest absolute Gasteiger partial charge is 0.458 e. The molecule has 58 heavy (non-hydrogen) atoms. The Labute approximate surface area is 337 Å². The number of aromatic nitrogens is 1. The van der Waals surface area contributed by atoms with Crippen LogP contribution in [0.3, 0.4) is 0 Å². The lowest BCUT2D eigenvalue weighted by Gasteiger charge is -2.39. The summed E-state index contributed by atoms with van der Waals surface area (Å²) in [5.41, 5.74) is 14.8. The molecule has 0 radical (unpaired) electrons. The quantitative estimate of drug-likeness (QED) is 0.164. The molecular formula is C53H34BN3O. The summed E-state index contributed by atoms with van der Waals surface area (Å²) in [7, 11) is 0. The molecule has 10 aromatic rings. The van der Waals surface area contributed by atoms with Gasteiger partial charge in [0.25, 0.3) is 6.71 Å². The van der Waals surface area contributed by atoms with Crippen molar-refractivity contribution in [1.29, 1.82) is 0 Å². The standard InChI is InChI=1S/C53H34BN3O/c1-35-28-30-39(31-29-35)55(36-16-5-2-6-17-36)48-34-49-52(41-23-12-11-22-40(41)48)42-32-51-44(33-47(42)57(49)38-20-9-4-10-21-38)54-43-24-13-14-25-45(43)56(37-18-7-3-8-19-37)46-26-15-27-50(58-51)53(46)54/h2-10,12-21,23-34H,1H3. The number of hydrogen-bond acceptors (Lipinski definition) is 3. The van der Waals surface area contributed by atoms with Crippen molar-refractivity contribution in [3.8, 4) is 17.2 Å². The monoisotopic (exact) mass is 739 g/mol. The van der Waals surface area contributed by atoms with Crippen molar-refractivity contribution in [3.05, 3.63) is 206 Å². The zero-order valence-corrected chi connectivity index (χ0v) is 31.7. The first-order valence-corrected chi connectivity index (χ1v) is 19.8. The molecule has 12 rings (SSSR count). The van der Waals surface area contributed by atoms with Gasteiger partial charge in [-0.15, -0.1) is 0 Å². The van der Waals surface area contributed by atoms with Crippen LogP contribution in [-0.4, -0.2) is 11.3 Å². The Morgan fingerprint density at radius 1 is 0.552 bits per heavy atom. The molecule has 4 nitrogen and oxygen atoms in total. The van der Waals surface area contributed by atoms with Crippen LogP contribution < -0.4 is 30.9 Å². The van der Waals surface area contributed by atoms with E-state index in [1.165, 1.54) is 22.2 Å². The van der Waals surface area contributed by atoms with Gasteiger partial charge in [0.1, 0.15) is 11.5 Å². The van der Waals surface area contributed by atoms with Gasteiger partial charge in [0.05, 0.1) is 22.1 Å². The Bertz CT molecular complexity index is 3220. The molecule has 0 atom stereocenters. The maximum absolute atomic E-state index is 7.04. The minimum Gasteiger partial charge on any atom is -0.458 e. The van der Waals surface area contributed by atoms with E-state index in [0.29, 0.717) is 0 Å². The van der Waals surface area contributed by atoms with Crippen molar-refractivity contribution < 1.29 is 4.74 Å². The van der Waals surface area contributed by atoms with Crippen molar-refractivity contribution in [3.63, 3.8) is 0 Å². The molecule has 0 aliphatic carbocycles. The summed E-state index contributed by atoms with van der Waals surface area (Å²) in [6.07, 6.45) is 0. The first kappa shape index (κ1) is 32.6. The molecule has 0 fully saturated rings. The van der Waals surface area contributed by atoms with Gasteiger partial charge in [-0.2, -0.15) is 0 Å². The zero-order valence-electron chi connectivity index (χ0n) is 31.7. The van der Waals surface area contributed by atoms with Crippen LogP contribution in [0.5, 0.6) is 11.5 Å². The number of para-hydroxylation sites is 4. The Balaban J connectivity index is 1.17. The average molecular weight is 740 g/mol. The third kappa shape index (κ3) is 4.79. The van der Waals surface area contributed by atoms with Gasteiger partial charge in [0.2, 0.25) is 0 Å². The number of fused-ring (bicyclic) bond motifs is 9. The minimum atomic E-state index is -0.0249. The third-order valence-corrected chi connectivity index (χ3v) is 11.9. The van der Waals surface area contributed by atoms with Crippen molar-refractivity contribution in [2.75, 3.05) is 9.80 Å². The Morgan fingerprint density at radius 3 is 2.03 bits per heavy atom. The summed E-state index contributed by atoms with van der Waals surface area (Å²) in [5, 5.41) is 4.40. The number of anilines is 6. The van der Waals surface area contributed by atoms with Crippen molar-refractivity contribution in [2.45, 2.75) is 6.92 Å². The van der Waals surface area contributed by atoms with Crippen LogP contribution in [0.1, 0.15) is 5.56 Å². The van der Waals surface area contributed by atoms with Crippen molar-refractivity contribution in [2.24, 2.45) is 0 Å². The van der Waals surface area contributed by atoms with Crippen molar-refractivity contribution >= 4 is 89.8 Å². The van der Waals surface area contributed by atoms with Crippen LogP contribution >= 0.6 is 0 Å². The number of benzene rings is 8. The van der Waals surface area contributed by atoms with Gasteiger partial charge in [-0.3, -0.25) is 0 Å². The fraction of sp³-hybridized carbons (Fsp3) is 0.0189. The molecule has 270 valence electrons. The summed E-state index contributed by atoms with van der Waals surface area (Å²) in [6, 6.07) is 74.2. The third-order valence-electron chi connectivity index (χ3n) is 11.9. The Kier molecular flexibility index (Phi) is 7.12. The summed E-state index contributed by atoms with van der Waals surface area (Å²) in [6.45, 7) is 2.11. The molecule has 0 unspecified atom stereocenters. The van der Waals surface area contributed by atoms with E-state index in [2.05, 4.69) is 215 Å². The SMILES string of the molecule is Cc1ccc(N(c2ccccc2)c2cc3c(c4ccc#cc24)c2cc4c(cc2n3-c2ccccc2)B2c3ccccc3N(c3ccccc3)c3cccc(c32)O4)cc1. The molecule has 2 aliphatic rings. The van der Waals surface area contributed by atoms with Crippen molar-refractivity contribution in [1.82, 2.24) is 4.57 Å². The number of hydrogen-bond donors (Lipinski definition) is 0. The highest BCUT2D eigenvalue weighted by molar-refractivity contribution is 6.99. The van der Waals surface area contributed by atoms with E-state index in [0.717, 1.165) is 83.7 Å². The van der Waals surface area contributed by atoms with E-state index < -0.39 is 0 Å². The molecule has 0 N–H and O–H groups in total. The smallest absolute Gasteiger partial charge is 0.256 e. The van der Waals surface area contributed by atoms with Crippen LogP contribution in [0, 0.1) is 19.1 Å². The molecular weight excluding hydrogens is 705 g/mol. The average Bonchev–Trinajstić information content (AvgIpc) is 3.60.